The molecule has 1 aromatic rings. The molecule has 0 spiro atoms. The van der Waals surface area contributed by atoms with Crippen LogP contribution in [0, 0.1) is 0 Å². The van der Waals surface area contributed by atoms with Gasteiger partial charge in [0.25, 0.3) is 5.91 Å². The Morgan fingerprint density at radius 1 is 1.42 bits per heavy atom. The summed E-state index contributed by atoms with van der Waals surface area (Å²) in [5.41, 5.74) is 0.944. The van der Waals surface area contributed by atoms with Gasteiger partial charge in [-0.15, -0.1) is 11.8 Å². The number of aliphatic imine (C=N–C) groups is 1. The number of hydrogen-bond acceptors (Lipinski definition) is 8. The lowest BCUT2D eigenvalue weighted by Crippen LogP contribution is -2.51. The van der Waals surface area contributed by atoms with E-state index in [4.69, 9.17) is 9.47 Å². The molecule has 3 aliphatic rings. The van der Waals surface area contributed by atoms with Crippen molar-refractivity contribution in [2.75, 3.05) is 18.4 Å². The maximum atomic E-state index is 12.1. The summed E-state index contributed by atoms with van der Waals surface area (Å²) in [7, 11) is 0. The first-order valence-electron chi connectivity index (χ1n) is 7.18. The molecule has 0 bridgehead atoms. The minimum atomic E-state index is -1.18. The molecule has 4 rings (SSSR count). The highest BCUT2D eigenvalue weighted by molar-refractivity contribution is 7.99. The molecule has 3 aliphatic heterocycles. The monoisotopic (exact) mass is 346 g/mol. The van der Waals surface area contributed by atoms with Crippen LogP contribution in [0.2, 0.25) is 0 Å². The third-order valence-electron chi connectivity index (χ3n) is 3.81. The van der Waals surface area contributed by atoms with E-state index in [1.807, 2.05) is 0 Å². The van der Waals surface area contributed by atoms with E-state index in [0.717, 1.165) is 5.56 Å². The zero-order chi connectivity index (χ0) is 16.7. The maximum Gasteiger partial charge on any atom is 0.276 e. The number of thioether (sulfide) groups is 1. The number of amides is 1. The lowest BCUT2D eigenvalue weighted by atomic mass is 10.1. The first-order chi connectivity index (χ1) is 11.6. The summed E-state index contributed by atoms with van der Waals surface area (Å²) in [6.07, 6.45) is 1.61. The molecule has 1 atom stereocenters. The fourth-order valence-electron chi connectivity index (χ4n) is 2.60. The Morgan fingerprint density at radius 3 is 3.08 bits per heavy atom. The van der Waals surface area contributed by atoms with Gasteiger partial charge in [-0.1, -0.05) is 6.07 Å². The van der Waals surface area contributed by atoms with E-state index in [1.165, 1.54) is 16.7 Å². The smallest absolute Gasteiger partial charge is 0.276 e. The average molecular weight is 346 g/mol. The molecule has 24 heavy (non-hydrogen) atoms. The van der Waals surface area contributed by atoms with Gasteiger partial charge in [-0.2, -0.15) is 0 Å². The second kappa shape index (κ2) is 5.75. The lowest BCUT2D eigenvalue weighted by Gasteiger charge is -2.25. The Bertz CT molecular complexity index is 791. The van der Waals surface area contributed by atoms with Crippen LogP contribution < -0.4 is 19.9 Å². The van der Waals surface area contributed by atoms with Gasteiger partial charge in [0.2, 0.25) is 12.8 Å². The molecule has 9 heteroatoms. The topological polar surface area (TPSA) is 103 Å². The van der Waals surface area contributed by atoms with Crippen LogP contribution in [0.4, 0.5) is 0 Å². The molecule has 0 unspecified atom stereocenters. The van der Waals surface area contributed by atoms with Crippen molar-refractivity contribution in [3.8, 4) is 11.5 Å². The van der Waals surface area contributed by atoms with Crippen LogP contribution in [0.1, 0.15) is 5.56 Å². The number of fused-ring (bicyclic) bond motifs is 1. The van der Waals surface area contributed by atoms with Gasteiger partial charge in [-0.3, -0.25) is 10.1 Å². The Balaban J connectivity index is 1.60. The Morgan fingerprint density at radius 2 is 2.25 bits per heavy atom. The van der Waals surface area contributed by atoms with Crippen LogP contribution in [0.3, 0.4) is 0 Å². The number of guanidine groups is 1. The number of aliphatic carboxylic acids is 1. The van der Waals surface area contributed by atoms with Crippen molar-refractivity contribution in [2.45, 2.75) is 6.04 Å². The number of nitrogens with zero attached hydrogens (tertiary/aromatic N) is 2. The van der Waals surface area contributed by atoms with Gasteiger partial charge in [0.15, 0.2) is 11.5 Å². The highest BCUT2D eigenvalue weighted by atomic mass is 32.2. The van der Waals surface area contributed by atoms with Gasteiger partial charge in [0.1, 0.15) is 5.70 Å². The van der Waals surface area contributed by atoms with E-state index in [2.05, 4.69) is 10.3 Å². The van der Waals surface area contributed by atoms with Crippen LogP contribution in [-0.4, -0.2) is 47.2 Å². The second-order valence-electron chi connectivity index (χ2n) is 5.34. The van der Waals surface area contributed by atoms with Gasteiger partial charge < -0.3 is 24.3 Å². The summed E-state index contributed by atoms with van der Waals surface area (Å²) in [4.78, 5) is 29.0. The zero-order valence-corrected chi connectivity index (χ0v) is 13.2. The van der Waals surface area contributed by atoms with E-state index >= 15 is 0 Å². The highest BCUT2D eigenvalue weighted by Crippen LogP contribution is 2.33. The predicted octanol–water partition coefficient (Wildman–Crippen LogP) is -0.633. The molecular formula is C15H12N3O5S-. The number of carbonyl (C=O) groups is 2. The number of rotatable bonds is 2. The molecule has 1 saturated heterocycles. The molecular weight excluding hydrogens is 334 g/mol. The molecule has 1 N–H and O–H groups in total. The number of carbonyl (C=O) groups excluding carboxylic acids is 2. The number of benzene rings is 1. The molecule has 3 heterocycles. The predicted molar refractivity (Wildman–Crippen MR) is 84.1 cm³/mol. The second-order valence-corrected chi connectivity index (χ2v) is 6.34. The Kier molecular flexibility index (Phi) is 3.57. The third-order valence-corrected chi connectivity index (χ3v) is 4.82. The molecule has 0 radical (unpaired) electrons. The summed E-state index contributed by atoms with van der Waals surface area (Å²) in [5.74, 6) is 0.795. The summed E-state index contributed by atoms with van der Waals surface area (Å²) in [5, 5.41) is 13.8. The van der Waals surface area contributed by atoms with Crippen LogP contribution in [-0.2, 0) is 9.59 Å². The van der Waals surface area contributed by atoms with Crippen LogP contribution in [0.25, 0.3) is 6.08 Å². The summed E-state index contributed by atoms with van der Waals surface area (Å²) < 4.78 is 10.5. The van der Waals surface area contributed by atoms with Gasteiger partial charge in [-0.05, 0) is 23.8 Å². The largest absolute Gasteiger partial charge is 0.548 e. The molecule has 0 aromatic heterocycles. The highest BCUT2D eigenvalue weighted by Gasteiger charge is 2.33. The quantitative estimate of drug-likeness (QED) is 0.711. The molecule has 1 amide bonds. The molecule has 0 aliphatic carbocycles. The number of hydrogen-bond donors (Lipinski definition) is 1. The number of nitrogens with one attached hydrogen (secondary N) is 1. The van der Waals surface area contributed by atoms with E-state index in [1.54, 1.807) is 24.3 Å². The van der Waals surface area contributed by atoms with Crippen LogP contribution in [0.15, 0.2) is 28.9 Å². The van der Waals surface area contributed by atoms with Gasteiger partial charge in [-0.25, -0.2) is 4.99 Å². The minimum Gasteiger partial charge on any atom is -0.548 e. The molecule has 1 fully saturated rings. The van der Waals surface area contributed by atoms with Gasteiger partial charge >= 0.3 is 0 Å². The standard InChI is InChI=1S/C15H13N3O5S/c19-13-9(3-8-1-2-11-12(4-8)23-7-22-11)16-15(17-13)18-6-24-5-10(18)14(20)21/h1-4,10H,5-7H2,(H,20,21)(H,16,17,19)/p-1/b9-3+/t10-/m1/s1. The zero-order valence-electron chi connectivity index (χ0n) is 12.4. The van der Waals surface area contributed by atoms with Gasteiger partial charge in [0.05, 0.1) is 17.9 Å². The van der Waals surface area contributed by atoms with Gasteiger partial charge in [0, 0.05) is 5.75 Å². The van der Waals surface area contributed by atoms with Crippen LogP contribution >= 0.6 is 11.8 Å². The number of carboxylic acids is 1. The van der Waals surface area contributed by atoms with Crippen molar-refractivity contribution in [1.29, 1.82) is 0 Å². The maximum absolute atomic E-state index is 12.1. The summed E-state index contributed by atoms with van der Waals surface area (Å²) >= 11 is 1.45. The first-order valence-corrected chi connectivity index (χ1v) is 8.34. The Hall–Kier alpha value is -2.68. The molecule has 124 valence electrons. The van der Waals surface area contributed by atoms with E-state index < -0.39 is 12.0 Å². The molecule has 0 saturated carbocycles. The third kappa shape index (κ3) is 2.56. The number of carboxylic acid groups (broad SMARTS) is 1. The van der Waals surface area contributed by atoms with Crippen molar-refractivity contribution >= 4 is 35.7 Å². The Labute approximate surface area is 141 Å². The average Bonchev–Trinajstić information content (AvgIpc) is 3.26. The lowest BCUT2D eigenvalue weighted by molar-refractivity contribution is -0.309. The van der Waals surface area contributed by atoms with Crippen molar-refractivity contribution in [2.24, 2.45) is 4.99 Å². The fraction of sp³-hybridized carbons (Fsp3) is 0.267. The SMILES string of the molecule is O=C1NC(N2CSC[C@@H]2C(=O)[O-])=N/C1=C/c1ccc2c(c1)OCO2. The summed E-state index contributed by atoms with van der Waals surface area (Å²) in [6, 6.07) is 4.51. The molecule has 1 aromatic carbocycles. The van der Waals surface area contributed by atoms with Crippen molar-refractivity contribution in [1.82, 2.24) is 10.2 Å². The van der Waals surface area contributed by atoms with Crippen molar-refractivity contribution in [3.63, 3.8) is 0 Å². The van der Waals surface area contributed by atoms with Crippen molar-refractivity contribution in [3.05, 3.63) is 29.5 Å². The first kappa shape index (κ1) is 14.9. The molecule has 8 nitrogen and oxygen atoms in total. The van der Waals surface area contributed by atoms with E-state index in [-0.39, 0.29) is 24.4 Å². The number of ether oxygens (including phenoxy) is 2. The van der Waals surface area contributed by atoms with E-state index in [0.29, 0.717) is 23.1 Å². The van der Waals surface area contributed by atoms with Crippen molar-refractivity contribution < 1.29 is 24.2 Å². The normalized spacial score (nSPS) is 23.6. The van der Waals surface area contributed by atoms with E-state index in [9.17, 15) is 14.7 Å². The summed E-state index contributed by atoms with van der Waals surface area (Å²) in [6.45, 7) is 0.176. The minimum absolute atomic E-state index is 0.176. The fourth-order valence-corrected chi connectivity index (χ4v) is 3.74. The van der Waals surface area contributed by atoms with Crippen LogP contribution in [0.5, 0.6) is 11.5 Å².